The van der Waals surface area contributed by atoms with Gasteiger partial charge in [0.05, 0.1) is 6.42 Å². The standard InChI is InChI=1S/C5H7O3/c1-7-5-3-2-4(6)8-5/h3,5H,2H2,1H3. The van der Waals surface area contributed by atoms with Gasteiger partial charge in [0.1, 0.15) is 0 Å². The van der Waals surface area contributed by atoms with Gasteiger partial charge in [0, 0.05) is 13.5 Å². The Morgan fingerprint density at radius 2 is 2.75 bits per heavy atom. The molecule has 0 saturated carbocycles. The number of hydrogen-bond donors (Lipinski definition) is 0. The highest BCUT2D eigenvalue weighted by Gasteiger charge is 2.22. The first kappa shape index (κ1) is 5.56. The molecule has 1 aliphatic heterocycles. The molecule has 8 heavy (non-hydrogen) atoms. The molecule has 1 atom stereocenters. The topological polar surface area (TPSA) is 35.5 Å². The van der Waals surface area contributed by atoms with Gasteiger partial charge in [0.15, 0.2) is 0 Å². The van der Waals surface area contributed by atoms with E-state index < -0.39 is 6.29 Å². The molecule has 1 unspecified atom stereocenters. The summed E-state index contributed by atoms with van der Waals surface area (Å²) in [6.07, 6.45) is 1.66. The first-order valence-corrected chi connectivity index (χ1v) is 2.38. The number of hydrogen-bond acceptors (Lipinski definition) is 3. The van der Waals surface area contributed by atoms with Crippen LogP contribution in [-0.4, -0.2) is 19.4 Å². The molecule has 0 aromatic carbocycles. The second-order valence-corrected chi connectivity index (χ2v) is 1.53. The molecule has 1 radical (unpaired) electrons. The predicted octanol–water partition coefficient (Wildman–Crippen LogP) is 0.110. The fourth-order valence-electron chi connectivity index (χ4n) is 0.563. The highest BCUT2D eigenvalue weighted by atomic mass is 16.7. The Kier molecular flexibility index (Phi) is 1.48. The van der Waals surface area contributed by atoms with Crippen LogP contribution in [0, 0.1) is 6.42 Å². The number of carbonyl (C=O) groups is 1. The third kappa shape index (κ3) is 0.980. The lowest BCUT2D eigenvalue weighted by molar-refractivity contribution is -0.155. The van der Waals surface area contributed by atoms with Gasteiger partial charge < -0.3 is 9.47 Å². The largest absolute Gasteiger partial charge is 0.435 e. The van der Waals surface area contributed by atoms with Gasteiger partial charge in [-0.1, -0.05) is 0 Å². The van der Waals surface area contributed by atoms with E-state index in [1.165, 1.54) is 7.11 Å². The summed E-state index contributed by atoms with van der Waals surface area (Å²) in [4.78, 5) is 10.3. The number of carbonyl (C=O) groups excluding carboxylic acids is 1. The summed E-state index contributed by atoms with van der Waals surface area (Å²) in [6.45, 7) is 0. The average Bonchev–Trinajstić information content (AvgIpc) is 2.14. The minimum absolute atomic E-state index is 0.211. The van der Waals surface area contributed by atoms with Crippen molar-refractivity contribution in [3.8, 4) is 0 Å². The lowest BCUT2D eigenvalue weighted by Gasteiger charge is -2.02. The Morgan fingerprint density at radius 1 is 2.00 bits per heavy atom. The van der Waals surface area contributed by atoms with E-state index in [9.17, 15) is 4.79 Å². The van der Waals surface area contributed by atoms with Crippen LogP contribution in [0.3, 0.4) is 0 Å². The SMILES string of the molecule is COC1[CH]CC(=O)O1. The molecule has 0 aromatic rings. The van der Waals surface area contributed by atoms with Gasteiger partial charge >= 0.3 is 5.97 Å². The van der Waals surface area contributed by atoms with Gasteiger partial charge in [0.25, 0.3) is 0 Å². The van der Waals surface area contributed by atoms with Gasteiger partial charge in [-0.3, -0.25) is 4.79 Å². The fraction of sp³-hybridized carbons (Fsp3) is 0.600. The van der Waals surface area contributed by atoms with Crippen molar-refractivity contribution < 1.29 is 14.3 Å². The van der Waals surface area contributed by atoms with Crippen LogP contribution in [-0.2, 0) is 14.3 Å². The van der Waals surface area contributed by atoms with Crippen molar-refractivity contribution in [3.05, 3.63) is 6.42 Å². The molecule has 1 saturated heterocycles. The fourth-order valence-corrected chi connectivity index (χ4v) is 0.563. The van der Waals surface area contributed by atoms with E-state index in [0.29, 0.717) is 6.42 Å². The molecular formula is C5H7O3. The van der Waals surface area contributed by atoms with Crippen LogP contribution in [0.1, 0.15) is 6.42 Å². The normalized spacial score (nSPS) is 28.1. The molecule has 1 rings (SSSR count). The average molecular weight is 115 g/mol. The van der Waals surface area contributed by atoms with Crippen molar-refractivity contribution in [2.24, 2.45) is 0 Å². The Morgan fingerprint density at radius 3 is 3.00 bits per heavy atom. The van der Waals surface area contributed by atoms with E-state index in [4.69, 9.17) is 0 Å². The molecule has 3 nitrogen and oxygen atoms in total. The summed E-state index contributed by atoms with van der Waals surface area (Å²) in [7, 11) is 1.50. The molecule has 0 aliphatic carbocycles. The van der Waals surface area contributed by atoms with Crippen molar-refractivity contribution in [3.63, 3.8) is 0 Å². The maximum atomic E-state index is 10.3. The van der Waals surface area contributed by atoms with E-state index in [2.05, 4.69) is 9.47 Å². The molecule has 0 spiro atoms. The molecule has 1 aliphatic rings. The van der Waals surface area contributed by atoms with Gasteiger partial charge in [0.2, 0.25) is 6.29 Å². The second kappa shape index (κ2) is 2.13. The molecular weight excluding hydrogens is 108 g/mol. The lowest BCUT2D eigenvalue weighted by atomic mass is 10.4. The Balaban J connectivity index is 2.32. The second-order valence-electron chi connectivity index (χ2n) is 1.53. The Labute approximate surface area is 47.6 Å². The number of cyclic esters (lactones) is 1. The smallest absolute Gasteiger partial charge is 0.308 e. The van der Waals surface area contributed by atoms with Crippen LogP contribution in [0.2, 0.25) is 0 Å². The van der Waals surface area contributed by atoms with E-state index in [0.717, 1.165) is 0 Å². The molecule has 45 valence electrons. The Hall–Kier alpha value is -0.570. The zero-order valence-corrected chi connectivity index (χ0v) is 4.59. The van der Waals surface area contributed by atoms with Crippen LogP contribution in [0.5, 0.6) is 0 Å². The number of rotatable bonds is 1. The van der Waals surface area contributed by atoms with E-state index in [1.807, 2.05) is 0 Å². The first-order valence-electron chi connectivity index (χ1n) is 2.38. The molecule has 0 aromatic heterocycles. The zero-order chi connectivity index (χ0) is 5.98. The van der Waals surface area contributed by atoms with Crippen LogP contribution >= 0.6 is 0 Å². The van der Waals surface area contributed by atoms with Crippen molar-refractivity contribution in [2.75, 3.05) is 7.11 Å². The lowest BCUT2D eigenvalue weighted by Crippen LogP contribution is -2.08. The molecule has 1 heterocycles. The minimum atomic E-state index is -0.400. The highest BCUT2D eigenvalue weighted by molar-refractivity contribution is 5.73. The van der Waals surface area contributed by atoms with Gasteiger partial charge in [-0.05, 0) is 0 Å². The maximum Gasteiger partial charge on any atom is 0.308 e. The predicted molar refractivity (Wildman–Crippen MR) is 25.8 cm³/mol. The monoisotopic (exact) mass is 115 g/mol. The number of methoxy groups -OCH3 is 1. The van der Waals surface area contributed by atoms with Crippen molar-refractivity contribution in [1.82, 2.24) is 0 Å². The quantitative estimate of drug-likeness (QED) is 0.455. The van der Waals surface area contributed by atoms with E-state index >= 15 is 0 Å². The first-order chi connectivity index (χ1) is 3.83. The molecule has 0 bridgehead atoms. The summed E-state index contributed by atoms with van der Waals surface area (Å²) < 4.78 is 9.28. The molecule has 0 N–H and O–H groups in total. The van der Waals surface area contributed by atoms with E-state index in [1.54, 1.807) is 6.42 Å². The Bertz CT molecular complexity index is 99.8. The third-order valence-electron chi connectivity index (χ3n) is 0.957. The minimum Gasteiger partial charge on any atom is -0.435 e. The van der Waals surface area contributed by atoms with Crippen LogP contribution in [0.4, 0.5) is 0 Å². The maximum absolute atomic E-state index is 10.3. The van der Waals surface area contributed by atoms with E-state index in [-0.39, 0.29) is 5.97 Å². The molecule has 3 heteroatoms. The summed E-state index contributed by atoms with van der Waals surface area (Å²) in [5, 5.41) is 0. The van der Waals surface area contributed by atoms with Gasteiger partial charge in [-0.2, -0.15) is 0 Å². The summed E-state index contributed by atoms with van der Waals surface area (Å²) in [5.74, 6) is -0.211. The van der Waals surface area contributed by atoms with Crippen LogP contribution in [0.15, 0.2) is 0 Å². The summed E-state index contributed by atoms with van der Waals surface area (Å²) in [5.41, 5.74) is 0. The number of ether oxygens (including phenoxy) is 2. The van der Waals surface area contributed by atoms with Crippen molar-refractivity contribution in [1.29, 1.82) is 0 Å². The highest BCUT2D eigenvalue weighted by Crippen LogP contribution is 2.11. The van der Waals surface area contributed by atoms with Gasteiger partial charge in [-0.25, -0.2) is 0 Å². The van der Waals surface area contributed by atoms with Crippen molar-refractivity contribution >= 4 is 5.97 Å². The summed E-state index contributed by atoms with van der Waals surface area (Å²) >= 11 is 0. The van der Waals surface area contributed by atoms with Crippen molar-refractivity contribution in [2.45, 2.75) is 12.7 Å². The molecule has 0 amide bonds. The van der Waals surface area contributed by atoms with Crippen LogP contribution in [0.25, 0.3) is 0 Å². The van der Waals surface area contributed by atoms with Crippen LogP contribution < -0.4 is 0 Å². The summed E-state index contributed by atoms with van der Waals surface area (Å²) in [6, 6.07) is 0. The molecule has 1 fully saturated rings. The third-order valence-corrected chi connectivity index (χ3v) is 0.957. The van der Waals surface area contributed by atoms with Gasteiger partial charge in [-0.15, -0.1) is 0 Å². The zero-order valence-electron chi connectivity index (χ0n) is 4.59. The number of esters is 1.